The van der Waals surface area contributed by atoms with Crippen LogP contribution in [0, 0.1) is 0 Å². The number of nitrogens with one attached hydrogen (secondary N) is 1. The van der Waals surface area contributed by atoms with Crippen LogP contribution in [0.25, 0.3) is 0 Å². The number of amides is 1. The quantitative estimate of drug-likeness (QED) is 0.666. The number of carbonyl (C=O) groups is 1. The van der Waals surface area contributed by atoms with Gasteiger partial charge in [-0.25, -0.2) is 0 Å². The van der Waals surface area contributed by atoms with E-state index in [0.717, 1.165) is 0 Å². The van der Waals surface area contributed by atoms with Gasteiger partial charge in [0.1, 0.15) is 0 Å². The number of alkyl halides is 3. The lowest BCUT2D eigenvalue weighted by molar-refractivity contribution is -0.201. The Kier molecular flexibility index (Phi) is 5.22. The number of allylic oxidation sites excluding steroid dienone is 1. The predicted octanol–water partition coefficient (Wildman–Crippen LogP) is 0.992. The van der Waals surface area contributed by atoms with Crippen molar-refractivity contribution >= 4 is 5.91 Å². The van der Waals surface area contributed by atoms with E-state index in [2.05, 4.69) is 6.58 Å². The standard InChI is InChI=1S/C8H12F3NO2/c1-2-3-4-7(14)12-5-6(13)8(9,10)11/h2,6,13H,1,3-5H2,(H,12,14). The first-order chi connectivity index (χ1) is 6.38. The van der Waals surface area contributed by atoms with Crippen LogP contribution in [0.3, 0.4) is 0 Å². The number of aliphatic hydroxyl groups is 1. The third kappa shape index (κ3) is 5.58. The third-order valence-electron chi connectivity index (χ3n) is 1.45. The Morgan fingerprint density at radius 1 is 1.57 bits per heavy atom. The van der Waals surface area contributed by atoms with Gasteiger partial charge in [0.15, 0.2) is 6.10 Å². The number of hydrogen-bond acceptors (Lipinski definition) is 2. The SMILES string of the molecule is C=CCCC(=O)NCC(O)C(F)(F)F. The van der Waals surface area contributed by atoms with Gasteiger partial charge in [-0.2, -0.15) is 13.2 Å². The summed E-state index contributed by atoms with van der Waals surface area (Å²) in [6.45, 7) is 2.55. The molecule has 14 heavy (non-hydrogen) atoms. The third-order valence-corrected chi connectivity index (χ3v) is 1.45. The smallest absolute Gasteiger partial charge is 0.382 e. The van der Waals surface area contributed by atoms with Crippen LogP contribution in [0.4, 0.5) is 13.2 Å². The van der Waals surface area contributed by atoms with Gasteiger partial charge < -0.3 is 10.4 Å². The molecule has 1 unspecified atom stereocenters. The van der Waals surface area contributed by atoms with E-state index >= 15 is 0 Å². The molecule has 0 aromatic rings. The Bertz CT molecular complexity index is 203. The van der Waals surface area contributed by atoms with Crippen molar-refractivity contribution in [3.05, 3.63) is 12.7 Å². The molecule has 0 radical (unpaired) electrons. The van der Waals surface area contributed by atoms with Crippen LogP contribution < -0.4 is 5.32 Å². The fourth-order valence-corrected chi connectivity index (χ4v) is 0.648. The molecule has 6 heteroatoms. The molecule has 0 aliphatic rings. The fourth-order valence-electron chi connectivity index (χ4n) is 0.648. The second kappa shape index (κ2) is 5.64. The first-order valence-corrected chi connectivity index (χ1v) is 4.00. The summed E-state index contributed by atoms with van der Waals surface area (Å²) in [6, 6.07) is 0. The highest BCUT2D eigenvalue weighted by Gasteiger charge is 2.38. The number of hydrogen-bond donors (Lipinski definition) is 2. The first-order valence-electron chi connectivity index (χ1n) is 4.00. The molecule has 0 aliphatic heterocycles. The maximum atomic E-state index is 11.7. The number of rotatable bonds is 5. The van der Waals surface area contributed by atoms with E-state index in [9.17, 15) is 18.0 Å². The molecule has 0 aromatic heterocycles. The van der Waals surface area contributed by atoms with Crippen LogP contribution in [0.1, 0.15) is 12.8 Å². The zero-order valence-electron chi connectivity index (χ0n) is 7.47. The Labute approximate surface area is 79.6 Å². The van der Waals surface area contributed by atoms with E-state index in [1.165, 1.54) is 6.08 Å². The van der Waals surface area contributed by atoms with Crippen LogP contribution in [0.5, 0.6) is 0 Å². The highest BCUT2D eigenvalue weighted by atomic mass is 19.4. The van der Waals surface area contributed by atoms with E-state index in [0.29, 0.717) is 6.42 Å². The van der Waals surface area contributed by atoms with Crippen LogP contribution in [0.15, 0.2) is 12.7 Å². The van der Waals surface area contributed by atoms with Crippen LogP contribution in [0.2, 0.25) is 0 Å². The van der Waals surface area contributed by atoms with Gasteiger partial charge in [0, 0.05) is 6.42 Å². The van der Waals surface area contributed by atoms with Gasteiger partial charge in [-0.15, -0.1) is 6.58 Å². The van der Waals surface area contributed by atoms with Crippen molar-refractivity contribution in [2.75, 3.05) is 6.54 Å². The van der Waals surface area contributed by atoms with Crippen molar-refractivity contribution in [2.45, 2.75) is 25.1 Å². The Hall–Kier alpha value is -1.04. The normalized spacial score (nSPS) is 13.4. The molecular weight excluding hydrogens is 199 g/mol. The average molecular weight is 211 g/mol. The Balaban J connectivity index is 3.72. The second-order valence-corrected chi connectivity index (χ2v) is 2.69. The summed E-state index contributed by atoms with van der Waals surface area (Å²) < 4.78 is 35.2. The molecule has 0 saturated carbocycles. The van der Waals surface area contributed by atoms with E-state index in [4.69, 9.17) is 5.11 Å². The summed E-state index contributed by atoms with van der Waals surface area (Å²) in [5, 5.41) is 10.5. The minimum absolute atomic E-state index is 0.0775. The molecule has 0 spiro atoms. The molecule has 1 amide bonds. The zero-order valence-corrected chi connectivity index (χ0v) is 7.47. The van der Waals surface area contributed by atoms with Gasteiger partial charge in [-0.05, 0) is 6.42 Å². The van der Waals surface area contributed by atoms with Crippen LogP contribution in [-0.2, 0) is 4.79 Å². The topological polar surface area (TPSA) is 49.3 Å². The lowest BCUT2D eigenvalue weighted by atomic mass is 10.3. The van der Waals surface area contributed by atoms with Gasteiger partial charge >= 0.3 is 6.18 Å². The van der Waals surface area contributed by atoms with Crippen molar-refractivity contribution in [1.29, 1.82) is 0 Å². The highest BCUT2D eigenvalue weighted by molar-refractivity contribution is 5.75. The minimum atomic E-state index is -4.69. The van der Waals surface area contributed by atoms with Gasteiger partial charge in [0.2, 0.25) is 5.91 Å². The van der Waals surface area contributed by atoms with Gasteiger partial charge in [0.05, 0.1) is 6.54 Å². The molecule has 0 fully saturated rings. The molecular formula is C8H12F3NO2. The largest absolute Gasteiger partial charge is 0.416 e. The summed E-state index contributed by atoms with van der Waals surface area (Å²) >= 11 is 0. The number of aliphatic hydroxyl groups excluding tert-OH is 1. The summed E-state index contributed by atoms with van der Waals surface area (Å²) in [7, 11) is 0. The average Bonchev–Trinajstić information content (AvgIpc) is 2.09. The van der Waals surface area contributed by atoms with Crippen molar-refractivity contribution in [3.8, 4) is 0 Å². The van der Waals surface area contributed by atoms with E-state index in [1.54, 1.807) is 0 Å². The fraction of sp³-hybridized carbons (Fsp3) is 0.625. The van der Waals surface area contributed by atoms with Crippen LogP contribution >= 0.6 is 0 Å². The van der Waals surface area contributed by atoms with E-state index in [1.807, 2.05) is 5.32 Å². The van der Waals surface area contributed by atoms with Gasteiger partial charge in [-0.3, -0.25) is 4.79 Å². The molecule has 0 heterocycles. The lowest BCUT2D eigenvalue weighted by Gasteiger charge is -2.14. The molecule has 0 bridgehead atoms. The van der Waals surface area contributed by atoms with Gasteiger partial charge in [0.25, 0.3) is 0 Å². The maximum Gasteiger partial charge on any atom is 0.416 e. The molecule has 0 rings (SSSR count). The summed E-state index contributed by atoms with van der Waals surface area (Å²) in [5.41, 5.74) is 0. The van der Waals surface area contributed by atoms with E-state index in [-0.39, 0.29) is 6.42 Å². The number of halogens is 3. The maximum absolute atomic E-state index is 11.7. The van der Waals surface area contributed by atoms with Crippen molar-refractivity contribution in [3.63, 3.8) is 0 Å². The number of carbonyl (C=O) groups excluding carboxylic acids is 1. The molecule has 82 valence electrons. The summed E-state index contributed by atoms with van der Waals surface area (Å²) in [4.78, 5) is 10.8. The molecule has 0 aromatic carbocycles. The van der Waals surface area contributed by atoms with Crippen molar-refractivity contribution in [1.82, 2.24) is 5.32 Å². The predicted molar refractivity (Wildman–Crippen MR) is 44.5 cm³/mol. The molecule has 2 N–H and O–H groups in total. The summed E-state index contributed by atoms with van der Waals surface area (Å²) in [6.07, 6.45) is -5.23. The molecule has 0 saturated heterocycles. The molecule has 3 nitrogen and oxygen atoms in total. The monoisotopic (exact) mass is 211 g/mol. The van der Waals surface area contributed by atoms with Crippen molar-refractivity contribution < 1.29 is 23.1 Å². The highest BCUT2D eigenvalue weighted by Crippen LogP contribution is 2.19. The van der Waals surface area contributed by atoms with Gasteiger partial charge in [-0.1, -0.05) is 6.08 Å². The minimum Gasteiger partial charge on any atom is -0.382 e. The molecule has 1 atom stereocenters. The second-order valence-electron chi connectivity index (χ2n) is 2.69. The first kappa shape index (κ1) is 13.0. The summed E-state index contributed by atoms with van der Waals surface area (Å²) in [5.74, 6) is -0.534. The van der Waals surface area contributed by atoms with Crippen molar-refractivity contribution in [2.24, 2.45) is 0 Å². The lowest BCUT2D eigenvalue weighted by Crippen LogP contribution is -2.40. The Morgan fingerprint density at radius 2 is 2.14 bits per heavy atom. The Morgan fingerprint density at radius 3 is 2.57 bits per heavy atom. The zero-order chi connectivity index (χ0) is 11.2. The molecule has 0 aliphatic carbocycles. The van der Waals surface area contributed by atoms with E-state index < -0.39 is 24.7 Å². The van der Waals surface area contributed by atoms with Crippen LogP contribution in [-0.4, -0.2) is 29.8 Å².